The van der Waals surface area contributed by atoms with Gasteiger partial charge >= 0.3 is 5.69 Å². The molecule has 1 atom stereocenters. The molecule has 0 amide bonds. The summed E-state index contributed by atoms with van der Waals surface area (Å²) in [4.78, 5) is 28.1. The van der Waals surface area contributed by atoms with Gasteiger partial charge in [0.05, 0.1) is 0 Å². The van der Waals surface area contributed by atoms with Gasteiger partial charge in [-0.3, -0.25) is 13.9 Å². The van der Waals surface area contributed by atoms with Crippen molar-refractivity contribution in [2.24, 2.45) is 14.1 Å². The topological polar surface area (TPSA) is 82.7 Å². The summed E-state index contributed by atoms with van der Waals surface area (Å²) >= 11 is 3.51. The minimum Gasteiger partial charge on any atom is -0.278 e. The highest BCUT2D eigenvalue weighted by atomic mass is 79.9. The van der Waals surface area contributed by atoms with E-state index in [0.717, 1.165) is 10.1 Å². The molecule has 7 nitrogen and oxygen atoms in total. The van der Waals surface area contributed by atoms with Gasteiger partial charge in [0.25, 0.3) is 5.56 Å². The van der Waals surface area contributed by atoms with Crippen LogP contribution in [0.25, 0.3) is 11.2 Å². The number of rotatable bonds is 2. The maximum absolute atomic E-state index is 12.2. The molecular formula is C14H12BrN5O2. The lowest BCUT2D eigenvalue weighted by Crippen LogP contribution is -2.38. The third kappa shape index (κ3) is 2.25. The largest absolute Gasteiger partial charge is 0.332 e. The first-order valence-corrected chi connectivity index (χ1v) is 7.41. The van der Waals surface area contributed by atoms with E-state index in [-0.39, 0.29) is 16.0 Å². The van der Waals surface area contributed by atoms with Crippen molar-refractivity contribution in [3.8, 4) is 0 Å². The van der Waals surface area contributed by atoms with Crippen LogP contribution < -0.4 is 11.2 Å². The molecule has 2 aromatic heterocycles. The lowest BCUT2D eigenvalue weighted by atomic mass is 10.1. The summed E-state index contributed by atoms with van der Waals surface area (Å²) in [6.45, 7) is 0. The van der Waals surface area contributed by atoms with Crippen LogP contribution in [0.3, 0.4) is 0 Å². The molecule has 0 radical (unpaired) electrons. The number of aryl methyl sites for hydroxylation is 1. The summed E-state index contributed by atoms with van der Waals surface area (Å²) < 4.78 is 2.26. The first-order chi connectivity index (χ1) is 10.5. The van der Waals surface area contributed by atoms with Gasteiger partial charge in [-0.25, -0.2) is 9.78 Å². The van der Waals surface area contributed by atoms with Gasteiger partial charge in [-0.2, -0.15) is 0 Å². The Kier molecular flexibility index (Phi) is 3.61. The number of benzene rings is 1. The zero-order valence-electron chi connectivity index (χ0n) is 11.9. The molecule has 0 saturated carbocycles. The van der Waals surface area contributed by atoms with E-state index in [0.29, 0.717) is 5.82 Å². The van der Waals surface area contributed by atoms with Crippen molar-refractivity contribution in [1.29, 1.82) is 0 Å². The van der Waals surface area contributed by atoms with E-state index in [2.05, 4.69) is 31.1 Å². The Hall–Kier alpha value is -2.35. The molecule has 1 unspecified atom stereocenters. The molecule has 112 valence electrons. The van der Waals surface area contributed by atoms with Crippen LogP contribution in [-0.2, 0) is 14.1 Å². The van der Waals surface area contributed by atoms with Crippen LogP contribution in [0.2, 0.25) is 0 Å². The number of aromatic nitrogens is 5. The molecule has 0 spiro atoms. The van der Waals surface area contributed by atoms with Crippen molar-refractivity contribution in [2.75, 3.05) is 0 Å². The van der Waals surface area contributed by atoms with Crippen molar-refractivity contribution in [1.82, 2.24) is 24.3 Å². The molecule has 3 aromatic rings. The summed E-state index contributed by atoms with van der Waals surface area (Å²) in [6.07, 6.45) is 0. The van der Waals surface area contributed by atoms with Gasteiger partial charge in [0.2, 0.25) is 0 Å². The van der Waals surface area contributed by atoms with Gasteiger partial charge in [-0.15, -0.1) is 10.2 Å². The highest BCUT2D eigenvalue weighted by Crippen LogP contribution is 2.27. The third-order valence-corrected chi connectivity index (χ3v) is 4.34. The number of hydrogen-bond acceptors (Lipinski definition) is 5. The highest BCUT2D eigenvalue weighted by molar-refractivity contribution is 9.09. The fourth-order valence-electron chi connectivity index (χ4n) is 2.14. The number of alkyl halides is 1. The SMILES string of the molecule is Cn1c(=O)c2nc(C(Br)c3ccccc3)nnc2n(C)c1=O. The molecular weight excluding hydrogens is 350 g/mol. The number of hydrogen-bond donors (Lipinski definition) is 0. The Balaban J connectivity index is 2.23. The standard InChI is InChI=1S/C14H12BrN5O2/c1-19-12-10(13(21)20(2)14(19)22)16-11(17-18-12)9(15)8-6-4-3-5-7-8/h3-7,9H,1-2H3. The van der Waals surface area contributed by atoms with Crippen LogP contribution >= 0.6 is 15.9 Å². The Labute approximate surface area is 133 Å². The van der Waals surface area contributed by atoms with Crippen molar-refractivity contribution in [3.05, 3.63) is 62.6 Å². The van der Waals surface area contributed by atoms with Crippen LogP contribution in [0.5, 0.6) is 0 Å². The Morgan fingerprint density at radius 3 is 2.41 bits per heavy atom. The van der Waals surface area contributed by atoms with Gasteiger partial charge in [0, 0.05) is 14.1 Å². The third-order valence-electron chi connectivity index (χ3n) is 3.40. The van der Waals surface area contributed by atoms with E-state index in [9.17, 15) is 9.59 Å². The minimum atomic E-state index is -0.484. The fraction of sp³-hybridized carbons (Fsp3) is 0.214. The Bertz CT molecular complexity index is 965. The molecule has 22 heavy (non-hydrogen) atoms. The molecule has 0 aliphatic heterocycles. The van der Waals surface area contributed by atoms with E-state index >= 15 is 0 Å². The van der Waals surface area contributed by atoms with Gasteiger partial charge in [0.1, 0.15) is 4.83 Å². The fourth-order valence-corrected chi connectivity index (χ4v) is 2.64. The van der Waals surface area contributed by atoms with Crippen LogP contribution in [0.1, 0.15) is 16.2 Å². The second-order valence-electron chi connectivity index (χ2n) is 4.82. The van der Waals surface area contributed by atoms with Gasteiger partial charge in [-0.05, 0) is 5.56 Å². The van der Waals surface area contributed by atoms with E-state index < -0.39 is 11.2 Å². The molecule has 1 aromatic carbocycles. The van der Waals surface area contributed by atoms with Gasteiger partial charge in [0.15, 0.2) is 17.0 Å². The summed E-state index contributed by atoms with van der Waals surface area (Å²) in [5, 5.41) is 8.04. The first kappa shape index (κ1) is 14.6. The van der Waals surface area contributed by atoms with Crippen molar-refractivity contribution in [3.63, 3.8) is 0 Å². The molecule has 0 aliphatic rings. The molecule has 3 rings (SSSR count). The summed E-state index contributed by atoms with van der Waals surface area (Å²) in [6, 6.07) is 9.56. The molecule has 8 heteroatoms. The van der Waals surface area contributed by atoms with Crippen LogP contribution in [0.4, 0.5) is 0 Å². The average Bonchev–Trinajstić information content (AvgIpc) is 2.57. The highest BCUT2D eigenvalue weighted by Gasteiger charge is 2.18. The van der Waals surface area contributed by atoms with Crippen molar-refractivity contribution < 1.29 is 0 Å². The smallest absolute Gasteiger partial charge is 0.278 e. The number of nitrogens with zero attached hydrogens (tertiary/aromatic N) is 5. The lowest BCUT2D eigenvalue weighted by Gasteiger charge is -2.10. The zero-order chi connectivity index (χ0) is 15.9. The van der Waals surface area contributed by atoms with Crippen LogP contribution in [-0.4, -0.2) is 24.3 Å². The average molecular weight is 362 g/mol. The summed E-state index contributed by atoms with van der Waals surface area (Å²) in [5.74, 6) is 0.370. The van der Waals surface area contributed by atoms with E-state index in [1.54, 1.807) is 0 Å². The maximum Gasteiger partial charge on any atom is 0.332 e. The molecule has 0 N–H and O–H groups in total. The van der Waals surface area contributed by atoms with E-state index in [4.69, 9.17) is 0 Å². The molecule has 0 aliphatic carbocycles. The van der Waals surface area contributed by atoms with Crippen molar-refractivity contribution >= 4 is 27.1 Å². The lowest BCUT2D eigenvalue weighted by molar-refractivity contribution is 0.693. The second-order valence-corrected chi connectivity index (χ2v) is 5.74. The molecule has 0 fully saturated rings. The predicted octanol–water partition coefficient (Wildman–Crippen LogP) is 0.906. The second kappa shape index (κ2) is 5.45. The van der Waals surface area contributed by atoms with E-state index in [1.807, 2.05) is 30.3 Å². The normalized spacial score (nSPS) is 12.5. The number of halogens is 1. The Morgan fingerprint density at radius 1 is 1.05 bits per heavy atom. The quantitative estimate of drug-likeness (QED) is 0.633. The minimum absolute atomic E-state index is 0.120. The molecule has 0 bridgehead atoms. The van der Waals surface area contributed by atoms with Crippen LogP contribution in [0, 0.1) is 0 Å². The van der Waals surface area contributed by atoms with Gasteiger partial charge < -0.3 is 0 Å². The van der Waals surface area contributed by atoms with Crippen molar-refractivity contribution in [2.45, 2.75) is 4.83 Å². The maximum atomic E-state index is 12.2. The predicted molar refractivity (Wildman–Crippen MR) is 85.0 cm³/mol. The summed E-state index contributed by atoms with van der Waals surface area (Å²) in [7, 11) is 2.94. The summed E-state index contributed by atoms with van der Waals surface area (Å²) in [5.41, 5.74) is 0.298. The van der Waals surface area contributed by atoms with Crippen LogP contribution in [0.15, 0.2) is 39.9 Å². The monoisotopic (exact) mass is 361 g/mol. The van der Waals surface area contributed by atoms with Gasteiger partial charge in [-0.1, -0.05) is 46.3 Å². The Morgan fingerprint density at radius 2 is 1.73 bits per heavy atom. The molecule has 0 saturated heterocycles. The first-order valence-electron chi connectivity index (χ1n) is 6.50. The zero-order valence-corrected chi connectivity index (χ0v) is 13.5. The van der Waals surface area contributed by atoms with E-state index in [1.165, 1.54) is 18.7 Å². The molecule has 2 heterocycles. The number of fused-ring (bicyclic) bond motifs is 1.